The van der Waals surface area contributed by atoms with Crippen LogP contribution in [0.2, 0.25) is 0 Å². The number of hydrogen-bond donors (Lipinski definition) is 6. The number of carbonyl (C=O) groups excluding carboxylic acids is 2. The maximum absolute atomic E-state index is 11.6. The Morgan fingerprint density at radius 2 is 2.05 bits per heavy atom. The average Bonchev–Trinajstić information content (AvgIpc) is 2.46. The number of hydrogen-bond acceptors (Lipinski definition) is 9. The number of aliphatic hydroxyl groups excluding tert-OH is 4. The summed E-state index contributed by atoms with van der Waals surface area (Å²) in [6, 6.07) is -1.21. The average molecular weight is 323 g/mol. The van der Waals surface area contributed by atoms with Gasteiger partial charge in [-0.05, 0) is 0 Å². The third kappa shape index (κ3) is 3.91. The van der Waals surface area contributed by atoms with E-state index in [4.69, 9.17) is 9.84 Å². The van der Waals surface area contributed by atoms with E-state index >= 15 is 0 Å². The lowest BCUT2D eigenvalue weighted by molar-refractivity contribution is -0.296. The van der Waals surface area contributed by atoms with E-state index < -0.39 is 61.1 Å². The van der Waals surface area contributed by atoms with Gasteiger partial charge >= 0.3 is 5.97 Å². The number of amides is 1. The first-order valence-corrected chi connectivity index (χ1v) is 6.57. The fourth-order valence-corrected chi connectivity index (χ4v) is 2.29. The number of aliphatic hydroxyl groups is 5. The molecule has 0 aromatic heterocycles. The molecule has 0 radical (unpaired) electrons. The Kier molecular flexibility index (Phi) is 6.23. The summed E-state index contributed by atoms with van der Waals surface area (Å²) in [6.45, 7) is 0.320. The van der Waals surface area contributed by atoms with E-state index in [0.29, 0.717) is 0 Å². The van der Waals surface area contributed by atoms with Crippen molar-refractivity contribution in [2.24, 2.45) is 0 Å². The Balaban J connectivity index is 3.09. The van der Waals surface area contributed by atoms with Crippen molar-refractivity contribution in [2.75, 3.05) is 13.7 Å². The molecule has 6 atom stereocenters. The van der Waals surface area contributed by atoms with Gasteiger partial charge in [0.05, 0.1) is 25.9 Å². The fraction of sp³-hybridized carbons (Fsp3) is 0.833. The van der Waals surface area contributed by atoms with Crippen molar-refractivity contribution in [2.45, 2.75) is 49.6 Å². The van der Waals surface area contributed by atoms with Crippen molar-refractivity contribution in [3.8, 4) is 0 Å². The predicted molar refractivity (Wildman–Crippen MR) is 69.2 cm³/mol. The molecule has 10 heteroatoms. The molecule has 6 N–H and O–H groups in total. The lowest BCUT2D eigenvalue weighted by Crippen LogP contribution is -2.67. The number of methoxy groups -OCH3 is 1. The van der Waals surface area contributed by atoms with E-state index in [0.717, 1.165) is 14.0 Å². The second-order valence-corrected chi connectivity index (χ2v) is 5.10. The molecule has 1 amide bonds. The van der Waals surface area contributed by atoms with E-state index in [1.54, 1.807) is 0 Å². The lowest BCUT2D eigenvalue weighted by atomic mass is 9.88. The minimum atomic E-state index is -2.55. The van der Waals surface area contributed by atoms with Gasteiger partial charge in [-0.3, -0.25) is 4.79 Å². The van der Waals surface area contributed by atoms with Gasteiger partial charge in [0.25, 0.3) is 5.79 Å². The van der Waals surface area contributed by atoms with Gasteiger partial charge in [0.2, 0.25) is 5.91 Å². The van der Waals surface area contributed by atoms with Crippen molar-refractivity contribution >= 4 is 11.9 Å². The predicted octanol–water partition coefficient (Wildman–Crippen LogP) is -3.78. The molecule has 1 rings (SSSR count). The van der Waals surface area contributed by atoms with Crippen LogP contribution in [0.25, 0.3) is 0 Å². The second-order valence-electron chi connectivity index (χ2n) is 5.10. The summed E-state index contributed by atoms with van der Waals surface area (Å²) in [5, 5.41) is 50.8. The van der Waals surface area contributed by atoms with Crippen molar-refractivity contribution < 1.29 is 44.6 Å². The molecular weight excluding hydrogens is 302 g/mol. The summed E-state index contributed by atoms with van der Waals surface area (Å²) in [4.78, 5) is 22.8. The van der Waals surface area contributed by atoms with Crippen molar-refractivity contribution in [3.63, 3.8) is 0 Å². The van der Waals surface area contributed by atoms with Crippen LogP contribution in [0.3, 0.4) is 0 Å². The topological polar surface area (TPSA) is 166 Å². The van der Waals surface area contributed by atoms with Gasteiger partial charge in [0.15, 0.2) is 0 Å². The molecule has 1 fully saturated rings. The molecule has 0 aromatic carbocycles. The van der Waals surface area contributed by atoms with E-state index in [1.807, 2.05) is 0 Å². The fourth-order valence-electron chi connectivity index (χ4n) is 2.29. The van der Waals surface area contributed by atoms with Crippen molar-refractivity contribution in [1.82, 2.24) is 5.32 Å². The van der Waals surface area contributed by atoms with Crippen LogP contribution in [0.4, 0.5) is 0 Å². The highest BCUT2D eigenvalue weighted by Crippen LogP contribution is 2.31. The molecule has 1 heterocycles. The summed E-state index contributed by atoms with van der Waals surface area (Å²) >= 11 is 0. The Hall–Kier alpha value is -1.30. The van der Waals surface area contributed by atoms with Crippen molar-refractivity contribution in [3.05, 3.63) is 0 Å². The van der Waals surface area contributed by atoms with Gasteiger partial charge in [-0.1, -0.05) is 0 Å². The maximum Gasteiger partial charge on any atom is 0.366 e. The highest BCUT2D eigenvalue weighted by Gasteiger charge is 2.54. The third-order valence-electron chi connectivity index (χ3n) is 3.38. The minimum Gasteiger partial charge on any atom is -0.465 e. The van der Waals surface area contributed by atoms with Gasteiger partial charge < -0.3 is 40.3 Å². The molecule has 1 saturated heterocycles. The number of carbonyl (C=O) groups is 2. The molecule has 0 bridgehead atoms. The standard InChI is InChI=1S/C12H21NO9/c1-5(15)13-8-6(16)3-12(20,11(19)21-2)22-10(8)9(18)7(17)4-14/h6-10,14,16-18,20H,3-4H2,1-2H3,(H,13,15)/t6?,7-,8?,9-,10?,12?/m0/s1. The largest absolute Gasteiger partial charge is 0.465 e. The van der Waals surface area contributed by atoms with Gasteiger partial charge in [0.1, 0.15) is 18.3 Å². The minimum absolute atomic E-state index is 0.563. The van der Waals surface area contributed by atoms with Crippen LogP contribution < -0.4 is 5.32 Å². The van der Waals surface area contributed by atoms with Crippen LogP contribution >= 0.6 is 0 Å². The van der Waals surface area contributed by atoms with Crippen molar-refractivity contribution in [1.29, 1.82) is 0 Å². The maximum atomic E-state index is 11.6. The van der Waals surface area contributed by atoms with Gasteiger partial charge in [-0.15, -0.1) is 0 Å². The Bertz CT molecular complexity index is 417. The first kappa shape index (κ1) is 18.7. The Morgan fingerprint density at radius 3 is 2.50 bits per heavy atom. The van der Waals surface area contributed by atoms with Crippen LogP contribution in [0.1, 0.15) is 13.3 Å². The lowest BCUT2D eigenvalue weighted by Gasteiger charge is -2.45. The molecule has 10 nitrogen and oxygen atoms in total. The van der Waals surface area contributed by atoms with Crippen LogP contribution in [0, 0.1) is 0 Å². The summed E-state index contributed by atoms with van der Waals surface area (Å²) < 4.78 is 9.45. The zero-order valence-corrected chi connectivity index (χ0v) is 12.2. The summed E-state index contributed by atoms with van der Waals surface area (Å²) in [7, 11) is 0.990. The van der Waals surface area contributed by atoms with E-state index in [9.17, 15) is 30.0 Å². The normalized spacial score (nSPS) is 34.6. The zero-order valence-electron chi connectivity index (χ0n) is 12.2. The Labute approximate surface area is 126 Å². The summed E-state index contributed by atoms with van der Waals surface area (Å²) in [5.74, 6) is -4.32. The summed E-state index contributed by atoms with van der Waals surface area (Å²) in [6.07, 6.45) is -7.09. The molecule has 0 saturated carbocycles. The molecular formula is C12H21NO9. The van der Waals surface area contributed by atoms with Crippen LogP contribution in [-0.2, 0) is 19.1 Å². The second kappa shape index (κ2) is 7.31. The molecule has 128 valence electrons. The first-order valence-electron chi connectivity index (χ1n) is 6.57. The molecule has 0 spiro atoms. The molecule has 22 heavy (non-hydrogen) atoms. The van der Waals surface area contributed by atoms with Crippen LogP contribution in [-0.4, -0.2) is 87.4 Å². The van der Waals surface area contributed by atoms with E-state index in [2.05, 4.69) is 10.1 Å². The molecule has 1 aliphatic heterocycles. The van der Waals surface area contributed by atoms with Crippen LogP contribution in [0.15, 0.2) is 0 Å². The third-order valence-corrected chi connectivity index (χ3v) is 3.38. The molecule has 0 aromatic rings. The Morgan fingerprint density at radius 1 is 1.45 bits per heavy atom. The quantitative estimate of drug-likeness (QED) is 0.278. The molecule has 1 aliphatic rings. The van der Waals surface area contributed by atoms with Gasteiger partial charge in [-0.2, -0.15) is 0 Å². The highest BCUT2D eigenvalue weighted by molar-refractivity contribution is 5.78. The summed E-state index contributed by atoms with van der Waals surface area (Å²) in [5.41, 5.74) is 0. The number of rotatable bonds is 5. The van der Waals surface area contributed by atoms with Gasteiger partial charge in [0, 0.05) is 13.3 Å². The monoisotopic (exact) mass is 323 g/mol. The van der Waals surface area contributed by atoms with E-state index in [1.165, 1.54) is 0 Å². The number of ether oxygens (including phenoxy) is 2. The van der Waals surface area contributed by atoms with Crippen LogP contribution in [0.5, 0.6) is 0 Å². The number of esters is 1. The number of nitrogens with one attached hydrogen (secondary N) is 1. The van der Waals surface area contributed by atoms with Gasteiger partial charge in [-0.25, -0.2) is 4.79 Å². The van der Waals surface area contributed by atoms with E-state index in [-0.39, 0.29) is 0 Å². The molecule has 0 aliphatic carbocycles. The molecule has 4 unspecified atom stereocenters. The zero-order chi connectivity index (χ0) is 17.1. The SMILES string of the molecule is COC(=O)C1(O)CC(O)C(NC(C)=O)C([C@@H](O)[C@@H](O)CO)O1. The smallest absolute Gasteiger partial charge is 0.366 e. The highest BCUT2D eigenvalue weighted by atomic mass is 16.7. The first-order chi connectivity index (χ1) is 10.2.